The van der Waals surface area contributed by atoms with Crippen molar-refractivity contribution in [2.24, 2.45) is 0 Å². The molecule has 0 bridgehead atoms. The molecule has 3 aromatic rings. The first-order valence-electron chi connectivity index (χ1n) is 7.52. The van der Waals surface area contributed by atoms with Gasteiger partial charge in [0.05, 0.1) is 22.5 Å². The molecule has 3 rings (SSSR count). The molecule has 0 aliphatic heterocycles. The predicted molar refractivity (Wildman–Crippen MR) is 97.4 cm³/mol. The zero-order valence-corrected chi connectivity index (χ0v) is 13.6. The van der Waals surface area contributed by atoms with Crippen LogP contribution in [0.1, 0.15) is 15.9 Å². The van der Waals surface area contributed by atoms with Crippen molar-refractivity contribution in [2.45, 2.75) is 6.54 Å². The summed E-state index contributed by atoms with van der Waals surface area (Å²) in [5, 5.41) is 6.44. The lowest BCUT2D eigenvalue weighted by atomic mass is 10.2. The van der Waals surface area contributed by atoms with Gasteiger partial charge in [0.1, 0.15) is 5.82 Å². The molecule has 5 heteroatoms. The second-order valence-corrected chi connectivity index (χ2v) is 5.61. The average Bonchev–Trinajstić information content (AvgIpc) is 2.62. The molecule has 120 valence electrons. The van der Waals surface area contributed by atoms with Crippen LogP contribution < -0.4 is 10.6 Å². The summed E-state index contributed by atoms with van der Waals surface area (Å²) in [7, 11) is 0. The van der Waals surface area contributed by atoms with Crippen molar-refractivity contribution in [3.63, 3.8) is 0 Å². The molecule has 0 spiro atoms. The fourth-order valence-corrected chi connectivity index (χ4v) is 2.43. The summed E-state index contributed by atoms with van der Waals surface area (Å²) in [6.45, 7) is 0.694. The van der Waals surface area contributed by atoms with Crippen LogP contribution >= 0.6 is 11.6 Å². The Labute approximate surface area is 145 Å². The van der Waals surface area contributed by atoms with Crippen molar-refractivity contribution in [3.05, 3.63) is 89.1 Å². The number of amides is 1. The van der Waals surface area contributed by atoms with Gasteiger partial charge < -0.3 is 10.6 Å². The van der Waals surface area contributed by atoms with Crippen LogP contribution in [-0.2, 0) is 6.54 Å². The fourth-order valence-electron chi connectivity index (χ4n) is 2.20. The Kier molecular flexibility index (Phi) is 5.08. The van der Waals surface area contributed by atoms with Gasteiger partial charge in [-0.3, -0.25) is 4.79 Å². The summed E-state index contributed by atoms with van der Waals surface area (Å²) in [6, 6.07) is 20.6. The first kappa shape index (κ1) is 16.0. The lowest BCUT2D eigenvalue weighted by molar-refractivity contribution is 0.102. The largest absolute Gasteiger partial charge is 0.366 e. The molecule has 0 aliphatic rings. The van der Waals surface area contributed by atoms with E-state index in [1.165, 1.54) is 5.56 Å². The average molecular weight is 338 g/mol. The Morgan fingerprint density at radius 2 is 1.71 bits per heavy atom. The predicted octanol–water partition coefficient (Wildman–Crippen LogP) is 4.60. The first-order chi connectivity index (χ1) is 11.7. The van der Waals surface area contributed by atoms with E-state index >= 15 is 0 Å². The molecule has 0 unspecified atom stereocenters. The van der Waals surface area contributed by atoms with E-state index in [4.69, 9.17) is 11.6 Å². The van der Waals surface area contributed by atoms with Gasteiger partial charge in [-0.2, -0.15) is 0 Å². The second-order valence-electron chi connectivity index (χ2n) is 5.21. The zero-order chi connectivity index (χ0) is 16.8. The number of anilines is 2. The van der Waals surface area contributed by atoms with E-state index in [0.29, 0.717) is 22.8 Å². The minimum Gasteiger partial charge on any atom is -0.366 e. The van der Waals surface area contributed by atoms with Crippen molar-refractivity contribution in [3.8, 4) is 0 Å². The molecule has 2 aromatic carbocycles. The van der Waals surface area contributed by atoms with Crippen LogP contribution in [0.15, 0.2) is 72.9 Å². The number of nitrogens with one attached hydrogen (secondary N) is 2. The van der Waals surface area contributed by atoms with Gasteiger partial charge in [0.15, 0.2) is 0 Å². The molecular formula is C19H16ClN3O. The normalized spacial score (nSPS) is 10.2. The van der Waals surface area contributed by atoms with Crippen LogP contribution in [0.2, 0.25) is 5.02 Å². The minimum absolute atomic E-state index is 0.257. The number of nitrogens with zero attached hydrogens (tertiary/aromatic N) is 1. The monoisotopic (exact) mass is 337 g/mol. The highest BCUT2D eigenvalue weighted by Gasteiger charge is 2.09. The number of halogens is 1. The van der Waals surface area contributed by atoms with Crippen molar-refractivity contribution in [2.75, 3.05) is 10.6 Å². The van der Waals surface area contributed by atoms with Crippen LogP contribution in [0, 0.1) is 0 Å². The molecular weight excluding hydrogens is 322 g/mol. The number of benzene rings is 2. The highest BCUT2D eigenvalue weighted by molar-refractivity contribution is 6.34. The van der Waals surface area contributed by atoms with Crippen molar-refractivity contribution >= 4 is 29.0 Å². The highest BCUT2D eigenvalue weighted by Crippen LogP contribution is 2.17. The molecule has 0 atom stereocenters. The van der Waals surface area contributed by atoms with Gasteiger partial charge >= 0.3 is 0 Å². The number of aromatic nitrogens is 1. The van der Waals surface area contributed by atoms with E-state index < -0.39 is 0 Å². The fraction of sp³-hybridized carbons (Fsp3) is 0.0526. The molecule has 1 amide bonds. The smallest absolute Gasteiger partial charge is 0.257 e. The summed E-state index contributed by atoms with van der Waals surface area (Å²) in [6.07, 6.45) is 1.61. The summed E-state index contributed by atoms with van der Waals surface area (Å²) >= 11 is 6.02. The first-order valence-corrected chi connectivity index (χ1v) is 7.90. The van der Waals surface area contributed by atoms with E-state index in [1.807, 2.05) is 36.4 Å². The molecule has 0 saturated heterocycles. The Morgan fingerprint density at radius 1 is 0.958 bits per heavy atom. The molecule has 0 fully saturated rings. The van der Waals surface area contributed by atoms with E-state index in [-0.39, 0.29) is 5.91 Å². The number of carbonyl (C=O) groups excluding carboxylic acids is 1. The quantitative estimate of drug-likeness (QED) is 0.715. The molecule has 4 nitrogen and oxygen atoms in total. The van der Waals surface area contributed by atoms with Crippen LogP contribution in [-0.4, -0.2) is 10.9 Å². The van der Waals surface area contributed by atoms with Crippen LogP contribution in [0.25, 0.3) is 0 Å². The Bertz CT molecular complexity index is 820. The SMILES string of the molecule is O=C(Nc1ccc(NCc2ccccc2)nc1)c1ccccc1Cl. The molecule has 0 saturated carbocycles. The third-order valence-corrected chi connectivity index (χ3v) is 3.79. The second kappa shape index (κ2) is 7.62. The number of pyridine rings is 1. The molecule has 0 radical (unpaired) electrons. The van der Waals surface area contributed by atoms with Crippen molar-refractivity contribution < 1.29 is 4.79 Å². The third kappa shape index (κ3) is 4.12. The van der Waals surface area contributed by atoms with Crippen LogP contribution in [0.5, 0.6) is 0 Å². The highest BCUT2D eigenvalue weighted by atomic mass is 35.5. The maximum absolute atomic E-state index is 12.2. The number of carbonyl (C=O) groups is 1. The van der Waals surface area contributed by atoms with Crippen LogP contribution in [0.4, 0.5) is 11.5 Å². The summed E-state index contributed by atoms with van der Waals surface area (Å²) in [4.78, 5) is 16.5. The van der Waals surface area contributed by atoms with Crippen molar-refractivity contribution in [1.82, 2.24) is 4.98 Å². The van der Waals surface area contributed by atoms with Gasteiger partial charge in [0, 0.05) is 6.54 Å². The lowest BCUT2D eigenvalue weighted by Crippen LogP contribution is -2.12. The van der Waals surface area contributed by atoms with E-state index in [1.54, 1.807) is 36.5 Å². The van der Waals surface area contributed by atoms with Gasteiger partial charge in [0.2, 0.25) is 0 Å². The lowest BCUT2D eigenvalue weighted by Gasteiger charge is -2.08. The van der Waals surface area contributed by atoms with Gasteiger partial charge in [-0.1, -0.05) is 54.1 Å². The maximum atomic E-state index is 12.2. The summed E-state index contributed by atoms with van der Waals surface area (Å²) < 4.78 is 0. The van der Waals surface area contributed by atoms with Gasteiger partial charge in [0.25, 0.3) is 5.91 Å². The van der Waals surface area contributed by atoms with Crippen LogP contribution in [0.3, 0.4) is 0 Å². The Balaban J connectivity index is 1.60. The standard InChI is InChI=1S/C19H16ClN3O/c20-17-9-5-4-8-16(17)19(24)23-15-10-11-18(22-13-15)21-12-14-6-2-1-3-7-14/h1-11,13H,12H2,(H,21,22)(H,23,24). The van der Waals surface area contributed by atoms with E-state index in [2.05, 4.69) is 15.6 Å². The molecule has 1 aromatic heterocycles. The Morgan fingerprint density at radius 3 is 2.42 bits per heavy atom. The summed E-state index contributed by atoms with van der Waals surface area (Å²) in [5.74, 6) is 0.488. The Hall–Kier alpha value is -2.85. The topological polar surface area (TPSA) is 54.0 Å². The van der Waals surface area contributed by atoms with E-state index in [9.17, 15) is 4.79 Å². The number of hydrogen-bond donors (Lipinski definition) is 2. The van der Waals surface area contributed by atoms with Gasteiger partial charge in [-0.25, -0.2) is 4.98 Å². The molecule has 24 heavy (non-hydrogen) atoms. The third-order valence-electron chi connectivity index (χ3n) is 3.46. The van der Waals surface area contributed by atoms with Gasteiger partial charge in [-0.15, -0.1) is 0 Å². The number of rotatable bonds is 5. The van der Waals surface area contributed by atoms with Crippen molar-refractivity contribution in [1.29, 1.82) is 0 Å². The zero-order valence-electron chi connectivity index (χ0n) is 12.9. The van der Waals surface area contributed by atoms with Gasteiger partial charge in [-0.05, 0) is 29.8 Å². The van der Waals surface area contributed by atoms with E-state index in [0.717, 1.165) is 5.82 Å². The molecule has 0 aliphatic carbocycles. The minimum atomic E-state index is -0.257. The molecule has 2 N–H and O–H groups in total. The summed E-state index contributed by atoms with van der Waals surface area (Å²) in [5.41, 5.74) is 2.23. The maximum Gasteiger partial charge on any atom is 0.257 e. The molecule has 1 heterocycles. The number of hydrogen-bond acceptors (Lipinski definition) is 3.